The fourth-order valence-corrected chi connectivity index (χ4v) is 3.28. The topological polar surface area (TPSA) is 29.9 Å². The number of halogens is 4. The van der Waals surface area contributed by atoms with Gasteiger partial charge in [0.2, 0.25) is 0 Å². The minimum Gasteiger partial charge on any atom is -0.305 e. The van der Waals surface area contributed by atoms with Gasteiger partial charge in [-0.1, -0.05) is 13.0 Å². The van der Waals surface area contributed by atoms with Crippen molar-refractivity contribution in [2.45, 2.75) is 19.4 Å². The first-order valence-electron chi connectivity index (χ1n) is 6.51. The van der Waals surface area contributed by atoms with Crippen LogP contribution in [-0.2, 0) is 7.05 Å². The van der Waals surface area contributed by atoms with Gasteiger partial charge in [-0.05, 0) is 56.5 Å². The third-order valence-corrected chi connectivity index (χ3v) is 4.60. The molecule has 0 fully saturated rings. The molecule has 114 valence electrons. The van der Waals surface area contributed by atoms with E-state index in [1.54, 1.807) is 16.9 Å². The predicted molar refractivity (Wildman–Crippen MR) is 85.1 cm³/mol. The fourth-order valence-electron chi connectivity index (χ4n) is 2.15. The molecule has 2 aromatic rings. The van der Waals surface area contributed by atoms with Crippen molar-refractivity contribution in [1.82, 2.24) is 15.1 Å². The first kappa shape index (κ1) is 16.6. The molecule has 0 spiro atoms. The average molecular weight is 423 g/mol. The molecule has 1 unspecified atom stereocenters. The van der Waals surface area contributed by atoms with E-state index in [0.717, 1.165) is 29.2 Å². The highest BCUT2D eigenvalue weighted by Gasteiger charge is 2.24. The molecular weight excluding hydrogens is 408 g/mol. The van der Waals surface area contributed by atoms with E-state index in [2.05, 4.69) is 42.3 Å². The predicted octanol–water partition coefficient (Wildman–Crippen LogP) is 4.31. The van der Waals surface area contributed by atoms with Gasteiger partial charge in [0.25, 0.3) is 0 Å². The van der Waals surface area contributed by atoms with Crippen molar-refractivity contribution >= 4 is 31.9 Å². The Morgan fingerprint density at radius 2 is 2.05 bits per heavy atom. The molecule has 1 aromatic carbocycles. The molecule has 0 saturated carbocycles. The molecule has 1 N–H and O–H groups in total. The van der Waals surface area contributed by atoms with Gasteiger partial charge in [0.15, 0.2) is 11.6 Å². The Balaban J connectivity index is 2.54. The smallest absolute Gasteiger partial charge is 0.173 e. The summed E-state index contributed by atoms with van der Waals surface area (Å²) in [5.74, 6) is -1.75. The number of hydrogen-bond donors (Lipinski definition) is 1. The van der Waals surface area contributed by atoms with Crippen LogP contribution in [0.2, 0.25) is 0 Å². The summed E-state index contributed by atoms with van der Waals surface area (Å²) in [7, 11) is 1.81. The normalized spacial score (nSPS) is 12.7. The van der Waals surface area contributed by atoms with Crippen molar-refractivity contribution in [2.24, 2.45) is 7.05 Å². The average Bonchev–Trinajstić information content (AvgIpc) is 2.79. The van der Waals surface area contributed by atoms with Crippen LogP contribution in [0.1, 0.15) is 30.6 Å². The monoisotopic (exact) mass is 421 g/mol. The van der Waals surface area contributed by atoms with Crippen molar-refractivity contribution < 1.29 is 8.78 Å². The number of benzene rings is 1. The van der Waals surface area contributed by atoms with Gasteiger partial charge in [-0.25, -0.2) is 8.78 Å². The lowest BCUT2D eigenvalue weighted by Crippen LogP contribution is -2.26. The Hall–Kier alpha value is -0.790. The van der Waals surface area contributed by atoms with Gasteiger partial charge in [0.05, 0.1) is 26.9 Å². The maximum atomic E-state index is 13.8. The Labute approximate surface area is 139 Å². The van der Waals surface area contributed by atoms with Crippen LogP contribution in [0.5, 0.6) is 0 Å². The van der Waals surface area contributed by atoms with Crippen LogP contribution in [-0.4, -0.2) is 16.3 Å². The molecule has 0 aliphatic carbocycles. The summed E-state index contributed by atoms with van der Waals surface area (Å²) in [5, 5.41) is 7.53. The summed E-state index contributed by atoms with van der Waals surface area (Å²) >= 11 is 6.62. The molecule has 0 aliphatic heterocycles. The third-order valence-electron chi connectivity index (χ3n) is 3.19. The minimum atomic E-state index is -0.880. The molecule has 1 heterocycles. The number of nitrogens with zero attached hydrogens (tertiary/aromatic N) is 2. The maximum Gasteiger partial charge on any atom is 0.173 e. The molecule has 0 bridgehead atoms. The molecule has 0 amide bonds. The van der Waals surface area contributed by atoms with E-state index in [0.29, 0.717) is 5.56 Å². The standard InChI is InChI=1S/C14H15Br2F2N3/c1-3-6-19-13(14-9(15)7-20-21(14)2)8-4-5-10(17)12(18)11(8)16/h4-5,7,13,19H,3,6H2,1-2H3. The maximum absolute atomic E-state index is 13.8. The minimum absolute atomic E-state index is 0.129. The van der Waals surface area contributed by atoms with Crippen LogP contribution in [0.3, 0.4) is 0 Å². The van der Waals surface area contributed by atoms with Gasteiger partial charge in [-0.3, -0.25) is 4.68 Å². The van der Waals surface area contributed by atoms with Crippen LogP contribution in [0, 0.1) is 11.6 Å². The quantitative estimate of drug-likeness (QED) is 0.727. The highest BCUT2D eigenvalue weighted by atomic mass is 79.9. The van der Waals surface area contributed by atoms with E-state index >= 15 is 0 Å². The number of rotatable bonds is 5. The van der Waals surface area contributed by atoms with Gasteiger partial charge < -0.3 is 5.32 Å². The zero-order chi connectivity index (χ0) is 15.6. The second-order valence-electron chi connectivity index (χ2n) is 4.65. The lowest BCUT2D eigenvalue weighted by Gasteiger charge is -2.21. The number of aryl methyl sites for hydroxylation is 1. The van der Waals surface area contributed by atoms with Crippen LogP contribution >= 0.6 is 31.9 Å². The Morgan fingerprint density at radius 3 is 2.62 bits per heavy atom. The van der Waals surface area contributed by atoms with Crippen molar-refractivity contribution in [1.29, 1.82) is 0 Å². The third kappa shape index (κ3) is 3.35. The molecule has 21 heavy (non-hydrogen) atoms. The summed E-state index contributed by atoms with van der Waals surface area (Å²) in [6, 6.07) is 2.42. The van der Waals surface area contributed by atoms with Crippen LogP contribution < -0.4 is 5.32 Å². The van der Waals surface area contributed by atoms with Crippen LogP contribution in [0.25, 0.3) is 0 Å². The molecular formula is C14H15Br2F2N3. The molecule has 1 aromatic heterocycles. The van der Waals surface area contributed by atoms with Gasteiger partial charge in [-0.15, -0.1) is 0 Å². The molecule has 0 aliphatic rings. The molecule has 2 rings (SSSR count). The molecule has 0 saturated heterocycles. The zero-order valence-electron chi connectivity index (χ0n) is 11.6. The first-order valence-corrected chi connectivity index (χ1v) is 8.10. The summed E-state index contributed by atoms with van der Waals surface area (Å²) < 4.78 is 29.8. The van der Waals surface area contributed by atoms with E-state index in [1.165, 1.54) is 0 Å². The van der Waals surface area contributed by atoms with Crippen molar-refractivity contribution in [3.8, 4) is 0 Å². The Bertz CT molecular complexity index is 624. The lowest BCUT2D eigenvalue weighted by atomic mass is 10.0. The van der Waals surface area contributed by atoms with Gasteiger partial charge in [0, 0.05) is 7.05 Å². The lowest BCUT2D eigenvalue weighted by molar-refractivity contribution is 0.494. The van der Waals surface area contributed by atoms with Crippen molar-refractivity contribution in [3.05, 3.63) is 50.2 Å². The highest BCUT2D eigenvalue weighted by Crippen LogP contribution is 2.34. The van der Waals surface area contributed by atoms with Crippen LogP contribution in [0.15, 0.2) is 27.3 Å². The first-order chi connectivity index (χ1) is 9.97. The second kappa shape index (κ2) is 6.98. The van der Waals surface area contributed by atoms with Crippen molar-refractivity contribution in [3.63, 3.8) is 0 Å². The molecule has 1 atom stereocenters. The highest BCUT2D eigenvalue weighted by molar-refractivity contribution is 9.10. The zero-order valence-corrected chi connectivity index (χ0v) is 14.8. The summed E-state index contributed by atoms with van der Waals surface area (Å²) in [6.07, 6.45) is 2.61. The fraction of sp³-hybridized carbons (Fsp3) is 0.357. The van der Waals surface area contributed by atoms with Gasteiger partial charge in [-0.2, -0.15) is 5.10 Å². The van der Waals surface area contributed by atoms with Gasteiger partial charge >= 0.3 is 0 Å². The molecule has 3 nitrogen and oxygen atoms in total. The SMILES string of the molecule is CCCNC(c1ccc(F)c(F)c1Br)c1c(Br)cnn1C. The summed E-state index contributed by atoms with van der Waals surface area (Å²) in [4.78, 5) is 0. The van der Waals surface area contributed by atoms with E-state index in [9.17, 15) is 8.78 Å². The van der Waals surface area contributed by atoms with E-state index in [4.69, 9.17) is 0 Å². The second-order valence-corrected chi connectivity index (χ2v) is 6.30. The van der Waals surface area contributed by atoms with E-state index < -0.39 is 11.6 Å². The number of aromatic nitrogens is 2. The largest absolute Gasteiger partial charge is 0.305 e. The molecule has 0 radical (unpaired) electrons. The van der Waals surface area contributed by atoms with Crippen molar-refractivity contribution in [2.75, 3.05) is 6.54 Å². The number of hydrogen-bond acceptors (Lipinski definition) is 2. The number of nitrogens with one attached hydrogen (secondary N) is 1. The summed E-state index contributed by atoms with van der Waals surface area (Å²) in [5.41, 5.74) is 1.49. The van der Waals surface area contributed by atoms with E-state index in [1.807, 2.05) is 14.0 Å². The van der Waals surface area contributed by atoms with Crippen LogP contribution in [0.4, 0.5) is 8.78 Å². The Morgan fingerprint density at radius 1 is 1.33 bits per heavy atom. The Kier molecular flexibility index (Phi) is 5.51. The van der Waals surface area contributed by atoms with Gasteiger partial charge in [0.1, 0.15) is 0 Å². The molecule has 7 heteroatoms. The summed E-state index contributed by atoms with van der Waals surface area (Å²) in [6.45, 7) is 2.79. The van der Waals surface area contributed by atoms with E-state index in [-0.39, 0.29) is 10.5 Å².